The zero-order chi connectivity index (χ0) is 20.5. The normalized spacial score (nSPS) is 15.6. The van der Waals surface area contributed by atoms with Gasteiger partial charge in [-0.1, -0.05) is 35.9 Å². The molecule has 1 atom stereocenters. The Labute approximate surface area is 171 Å². The lowest BCUT2D eigenvalue weighted by molar-refractivity contribution is 0.208. The maximum absolute atomic E-state index is 12.8. The lowest BCUT2D eigenvalue weighted by Crippen LogP contribution is -2.37. The Hall–Kier alpha value is -2.09. The molecule has 0 aliphatic carbocycles. The first-order valence-corrected chi connectivity index (χ1v) is 11.2. The second-order valence-corrected chi connectivity index (χ2v) is 9.48. The molecule has 0 radical (unpaired) electrons. The molecular formula is C20H24ClN3O3S. The number of benzene rings is 2. The Morgan fingerprint density at radius 1 is 1.21 bits per heavy atom. The van der Waals surface area contributed by atoms with Crippen molar-refractivity contribution in [2.24, 2.45) is 0 Å². The number of sulfonamides is 1. The van der Waals surface area contributed by atoms with E-state index < -0.39 is 10.0 Å². The van der Waals surface area contributed by atoms with Gasteiger partial charge in [-0.05, 0) is 48.2 Å². The van der Waals surface area contributed by atoms with Gasteiger partial charge in [-0.25, -0.2) is 13.2 Å². The average Bonchev–Trinajstić information content (AvgIpc) is 2.66. The topological polar surface area (TPSA) is 69.7 Å². The van der Waals surface area contributed by atoms with Gasteiger partial charge in [0.25, 0.3) is 0 Å². The summed E-state index contributed by atoms with van der Waals surface area (Å²) < 4.78 is 25.1. The average molecular weight is 422 g/mol. The van der Waals surface area contributed by atoms with E-state index in [1.807, 2.05) is 37.3 Å². The van der Waals surface area contributed by atoms with Crippen LogP contribution in [-0.2, 0) is 23.0 Å². The molecule has 2 aromatic carbocycles. The summed E-state index contributed by atoms with van der Waals surface area (Å²) in [4.78, 5) is 14.4. The fraction of sp³-hybridized carbons (Fsp3) is 0.350. The largest absolute Gasteiger partial charge is 0.322 e. The smallest absolute Gasteiger partial charge is 0.321 e. The number of urea groups is 1. The summed E-state index contributed by atoms with van der Waals surface area (Å²) in [5.74, 6) is 0. The Balaban J connectivity index is 1.75. The van der Waals surface area contributed by atoms with Gasteiger partial charge in [0, 0.05) is 30.8 Å². The monoisotopic (exact) mass is 421 g/mol. The molecule has 1 aliphatic rings. The van der Waals surface area contributed by atoms with Gasteiger partial charge < -0.3 is 10.2 Å². The van der Waals surface area contributed by atoms with E-state index in [-0.39, 0.29) is 12.1 Å². The van der Waals surface area contributed by atoms with Crippen molar-refractivity contribution in [3.63, 3.8) is 0 Å². The van der Waals surface area contributed by atoms with Gasteiger partial charge in [0.1, 0.15) is 0 Å². The van der Waals surface area contributed by atoms with E-state index >= 15 is 0 Å². The number of rotatable bonds is 4. The minimum Gasteiger partial charge on any atom is -0.321 e. The van der Waals surface area contributed by atoms with Gasteiger partial charge >= 0.3 is 6.03 Å². The van der Waals surface area contributed by atoms with Gasteiger partial charge in [-0.3, -0.25) is 0 Å². The lowest BCUT2D eigenvalue weighted by Gasteiger charge is -2.30. The molecule has 0 aromatic heterocycles. The predicted molar refractivity (Wildman–Crippen MR) is 112 cm³/mol. The first-order valence-electron chi connectivity index (χ1n) is 9.02. The van der Waals surface area contributed by atoms with Gasteiger partial charge in [0.2, 0.25) is 10.0 Å². The van der Waals surface area contributed by atoms with Crippen LogP contribution in [0.1, 0.15) is 29.7 Å². The van der Waals surface area contributed by atoms with Crippen molar-refractivity contribution < 1.29 is 13.2 Å². The van der Waals surface area contributed by atoms with Gasteiger partial charge in [0.15, 0.2) is 0 Å². The summed E-state index contributed by atoms with van der Waals surface area (Å²) in [6, 6.07) is 12.7. The van der Waals surface area contributed by atoms with Crippen molar-refractivity contribution in [1.82, 2.24) is 9.21 Å². The highest BCUT2D eigenvalue weighted by Crippen LogP contribution is 2.28. The highest BCUT2D eigenvalue weighted by molar-refractivity contribution is 7.88. The number of carbonyl (C=O) groups is 1. The van der Waals surface area contributed by atoms with E-state index in [2.05, 4.69) is 5.32 Å². The highest BCUT2D eigenvalue weighted by atomic mass is 35.5. The van der Waals surface area contributed by atoms with Crippen LogP contribution in [-0.4, -0.2) is 43.5 Å². The second-order valence-electron chi connectivity index (χ2n) is 7.06. The molecule has 28 heavy (non-hydrogen) atoms. The quantitative estimate of drug-likeness (QED) is 0.814. The molecule has 8 heteroatoms. The number of nitrogens with one attached hydrogen (secondary N) is 1. The minimum absolute atomic E-state index is 0.127. The zero-order valence-electron chi connectivity index (χ0n) is 16.1. The summed E-state index contributed by atoms with van der Waals surface area (Å²) in [6.07, 6.45) is 1.78. The Kier molecular flexibility index (Phi) is 5.98. The number of carbonyl (C=O) groups excluding carboxylic acids is 1. The third-order valence-corrected chi connectivity index (χ3v) is 6.70. The van der Waals surface area contributed by atoms with E-state index in [1.54, 1.807) is 24.1 Å². The van der Waals surface area contributed by atoms with Crippen LogP contribution in [0.2, 0.25) is 5.02 Å². The van der Waals surface area contributed by atoms with Crippen LogP contribution in [0.5, 0.6) is 0 Å². The van der Waals surface area contributed by atoms with Gasteiger partial charge in [0.05, 0.1) is 12.3 Å². The molecule has 2 amide bonds. The molecule has 0 spiro atoms. The van der Waals surface area contributed by atoms with Crippen LogP contribution in [0.15, 0.2) is 42.5 Å². The van der Waals surface area contributed by atoms with Crippen LogP contribution >= 0.6 is 11.6 Å². The molecule has 0 fully saturated rings. The molecule has 0 saturated carbocycles. The molecule has 2 aromatic rings. The maximum Gasteiger partial charge on any atom is 0.322 e. The van der Waals surface area contributed by atoms with Crippen molar-refractivity contribution in [2.45, 2.75) is 25.9 Å². The van der Waals surface area contributed by atoms with Crippen molar-refractivity contribution in [1.29, 1.82) is 0 Å². The molecule has 6 nitrogen and oxygen atoms in total. The molecule has 0 bridgehead atoms. The molecule has 1 heterocycles. The number of nitrogens with zero attached hydrogens (tertiary/aromatic N) is 2. The Morgan fingerprint density at radius 2 is 1.89 bits per heavy atom. The first kappa shape index (κ1) is 20.6. The van der Waals surface area contributed by atoms with Crippen molar-refractivity contribution in [3.05, 3.63) is 64.2 Å². The number of amides is 2. The van der Waals surface area contributed by atoms with Gasteiger partial charge in [-0.2, -0.15) is 4.31 Å². The summed E-state index contributed by atoms with van der Waals surface area (Å²) in [5.41, 5.74) is 3.62. The summed E-state index contributed by atoms with van der Waals surface area (Å²) in [6.45, 7) is 2.69. The zero-order valence-corrected chi connectivity index (χ0v) is 17.7. The summed E-state index contributed by atoms with van der Waals surface area (Å²) in [5, 5.41) is 3.63. The molecule has 150 valence electrons. The fourth-order valence-corrected chi connectivity index (χ4v) is 4.25. The van der Waals surface area contributed by atoms with Crippen molar-refractivity contribution >= 4 is 33.3 Å². The third-order valence-electron chi connectivity index (χ3n) is 5.20. The van der Waals surface area contributed by atoms with E-state index in [1.165, 1.54) is 10.6 Å². The molecule has 0 saturated heterocycles. The number of hydrogen-bond donors (Lipinski definition) is 1. The number of hydrogen-bond acceptors (Lipinski definition) is 3. The number of anilines is 1. The Bertz CT molecular complexity index is 977. The molecule has 1 unspecified atom stereocenters. The van der Waals surface area contributed by atoms with Crippen LogP contribution < -0.4 is 5.32 Å². The second kappa shape index (κ2) is 8.11. The van der Waals surface area contributed by atoms with E-state index in [9.17, 15) is 13.2 Å². The van der Waals surface area contributed by atoms with Crippen molar-refractivity contribution in [2.75, 3.05) is 25.2 Å². The van der Waals surface area contributed by atoms with E-state index in [0.717, 1.165) is 22.4 Å². The van der Waals surface area contributed by atoms with Crippen LogP contribution in [0.4, 0.5) is 10.5 Å². The Morgan fingerprint density at radius 3 is 2.54 bits per heavy atom. The SMILES string of the molecule is CC(c1ccc(Cl)cc1)N(C)C(=O)Nc1cccc2c1CCN(S(C)(=O)=O)C2. The minimum atomic E-state index is -3.23. The standard InChI is InChI=1S/C20H24ClN3O3S/c1-14(15-7-9-17(21)10-8-15)23(2)20(25)22-19-6-4-5-16-13-24(28(3,26)27)12-11-18(16)19/h4-10,14H,11-13H2,1-3H3,(H,22,25). The van der Waals surface area contributed by atoms with E-state index in [4.69, 9.17) is 11.6 Å². The summed E-state index contributed by atoms with van der Waals surface area (Å²) in [7, 11) is -1.49. The predicted octanol–water partition coefficient (Wildman–Crippen LogP) is 3.88. The fourth-order valence-electron chi connectivity index (χ4n) is 3.33. The van der Waals surface area contributed by atoms with Crippen LogP contribution in [0, 0.1) is 0 Å². The number of fused-ring (bicyclic) bond motifs is 1. The highest BCUT2D eigenvalue weighted by Gasteiger charge is 2.26. The third kappa shape index (κ3) is 4.48. The van der Waals surface area contributed by atoms with Crippen LogP contribution in [0.25, 0.3) is 0 Å². The van der Waals surface area contributed by atoms with Crippen molar-refractivity contribution in [3.8, 4) is 0 Å². The lowest BCUT2D eigenvalue weighted by atomic mass is 9.99. The van der Waals surface area contributed by atoms with Gasteiger partial charge in [-0.15, -0.1) is 0 Å². The summed E-state index contributed by atoms with van der Waals surface area (Å²) >= 11 is 5.94. The molecular weight excluding hydrogens is 398 g/mol. The first-order chi connectivity index (χ1) is 13.2. The molecule has 3 rings (SSSR count). The molecule has 1 N–H and O–H groups in total. The molecule has 1 aliphatic heterocycles. The number of halogens is 1. The van der Waals surface area contributed by atoms with Crippen LogP contribution in [0.3, 0.4) is 0 Å². The van der Waals surface area contributed by atoms with E-state index in [0.29, 0.717) is 24.5 Å². The maximum atomic E-state index is 12.8.